The molecule has 1 aromatic carbocycles. The first kappa shape index (κ1) is 22.1. The summed E-state index contributed by atoms with van der Waals surface area (Å²) in [5.41, 5.74) is 0.929. The first-order valence-corrected chi connectivity index (χ1v) is 9.41. The van der Waals surface area contributed by atoms with Crippen LogP contribution in [0, 0.1) is 0 Å². The van der Waals surface area contributed by atoms with E-state index in [0.717, 1.165) is 36.0 Å². The molecule has 1 aliphatic rings. The minimum atomic E-state index is 0. The molecule has 5 nitrogen and oxygen atoms in total. The fourth-order valence-corrected chi connectivity index (χ4v) is 3.43. The molecule has 142 valence electrons. The van der Waals surface area contributed by atoms with E-state index in [1.165, 1.54) is 0 Å². The van der Waals surface area contributed by atoms with Gasteiger partial charge in [-0.2, -0.15) is 0 Å². The SMILES string of the molecule is CCOc1cc(Br)c(CC(=O)N2CCCC(NC)C2)cc1OCC.Cl. The minimum absolute atomic E-state index is 0. The number of ether oxygens (including phenoxy) is 2. The van der Waals surface area contributed by atoms with E-state index in [2.05, 4.69) is 21.2 Å². The standard InChI is InChI=1S/C18H27BrN2O3.ClH/c1-4-23-16-9-13(15(19)11-17(16)24-5-2)10-18(22)21-8-6-7-14(12-21)20-3;/h9,11,14,20H,4-8,10,12H2,1-3H3;1H. The first-order valence-electron chi connectivity index (χ1n) is 8.62. The number of hydrogen-bond donors (Lipinski definition) is 1. The summed E-state index contributed by atoms with van der Waals surface area (Å²) in [6.45, 7) is 6.63. The Bertz CT molecular complexity index is 571. The number of benzene rings is 1. The molecule has 7 heteroatoms. The van der Waals surface area contributed by atoms with Crippen LogP contribution in [-0.2, 0) is 11.2 Å². The van der Waals surface area contributed by atoms with E-state index in [0.29, 0.717) is 37.2 Å². The highest BCUT2D eigenvalue weighted by Gasteiger charge is 2.23. The van der Waals surface area contributed by atoms with Crippen LogP contribution < -0.4 is 14.8 Å². The van der Waals surface area contributed by atoms with E-state index < -0.39 is 0 Å². The van der Waals surface area contributed by atoms with Gasteiger partial charge in [0.1, 0.15) is 0 Å². The summed E-state index contributed by atoms with van der Waals surface area (Å²) in [5, 5.41) is 3.27. The molecule has 0 aromatic heterocycles. The van der Waals surface area contributed by atoms with Crippen molar-refractivity contribution in [1.29, 1.82) is 0 Å². The number of carbonyl (C=O) groups excluding carboxylic acids is 1. The van der Waals surface area contributed by atoms with Gasteiger partial charge in [0, 0.05) is 23.6 Å². The van der Waals surface area contributed by atoms with Crippen LogP contribution in [0.2, 0.25) is 0 Å². The zero-order valence-corrected chi connectivity index (χ0v) is 17.5. The Balaban J connectivity index is 0.00000312. The van der Waals surface area contributed by atoms with Crippen LogP contribution in [0.4, 0.5) is 0 Å². The lowest BCUT2D eigenvalue weighted by molar-refractivity contribution is -0.131. The quantitative estimate of drug-likeness (QED) is 0.713. The summed E-state index contributed by atoms with van der Waals surface area (Å²) in [5.74, 6) is 1.55. The maximum Gasteiger partial charge on any atom is 0.227 e. The third-order valence-electron chi connectivity index (χ3n) is 4.24. The molecular weight excluding hydrogens is 408 g/mol. The highest BCUT2D eigenvalue weighted by atomic mass is 79.9. The summed E-state index contributed by atoms with van der Waals surface area (Å²) >= 11 is 3.56. The molecular formula is C18H28BrClN2O3. The Morgan fingerprint density at radius 2 is 1.92 bits per heavy atom. The van der Waals surface area contributed by atoms with Gasteiger partial charge in [-0.3, -0.25) is 4.79 Å². The number of hydrogen-bond acceptors (Lipinski definition) is 4. The normalized spacial score (nSPS) is 17.0. The lowest BCUT2D eigenvalue weighted by Crippen LogP contribution is -2.47. The minimum Gasteiger partial charge on any atom is -0.490 e. The zero-order valence-electron chi connectivity index (χ0n) is 15.1. The number of amides is 1. The number of rotatable bonds is 7. The summed E-state index contributed by atoms with van der Waals surface area (Å²) in [7, 11) is 1.95. The van der Waals surface area contributed by atoms with Gasteiger partial charge in [0.2, 0.25) is 5.91 Å². The average Bonchev–Trinajstić information content (AvgIpc) is 2.59. The highest BCUT2D eigenvalue weighted by molar-refractivity contribution is 9.10. The molecule has 1 fully saturated rings. The van der Waals surface area contributed by atoms with Crippen molar-refractivity contribution in [3.63, 3.8) is 0 Å². The average molecular weight is 436 g/mol. The maximum atomic E-state index is 12.7. The van der Waals surface area contributed by atoms with Crippen molar-refractivity contribution in [2.45, 2.75) is 39.2 Å². The Hall–Kier alpha value is -0.980. The van der Waals surface area contributed by atoms with Gasteiger partial charge in [0.15, 0.2) is 11.5 Å². The van der Waals surface area contributed by atoms with Crippen LogP contribution in [0.15, 0.2) is 16.6 Å². The summed E-state index contributed by atoms with van der Waals surface area (Å²) in [4.78, 5) is 14.6. The Morgan fingerprint density at radius 1 is 1.28 bits per heavy atom. The molecule has 1 aromatic rings. The lowest BCUT2D eigenvalue weighted by atomic mass is 10.0. The van der Waals surface area contributed by atoms with E-state index in [4.69, 9.17) is 9.47 Å². The van der Waals surface area contributed by atoms with Gasteiger partial charge in [-0.25, -0.2) is 0 Å². The second kappa shape index (κ2) is 10.9. The van der Waals surface area contributed by atoms with Gasteiger partial charge in [-0.05, 0) is 51.4 Å². The van der Waals surface area contributed by atoms with E-state index >= 15 is 0 Å². The topological polar surface area (TPSA) is 50.8 Å². The van der Waals surface area contributed by atoms with Crippen molar-refractivity contribution in [3.8, 4) is 11.5 Å². The van der Waals surface area contributed by atoms with Crippen LogP contribution >= 0.6 is 28.3 Å². The Kier molecular flexibility index (Phi) is 9.61. The van der Waals surface area contributed by atoms with E-state index in [-0.39, 0.29) is 18.3 Å². The highest BCUT2D eigenvalue weighted by Crippen LogP contribution is 2.34. The van der Waals surface area contributed by atoms with Gasteiger partial charge in [0.05, 0.1) is 19.6 Å². The zero-order chi connectivity index (χ0) is 17.5. The summed E-state index contributed by atoms with van der Waals surface area (Å²) in [6.07, 6.45) is 2.54. The summed E-state index contributed by atoms with van der Waals surface area (Å²) < 4.78 is 12.2. The molecule has 0 saturated carbocycles. The molecule has 1 unspecified atom stereocenters. The molecule has 1 saturated heterocycles. The predicted molar refractivity (Wildman–Crippen MR) is 106 cm³/mol. The Labute approximate surface area is 165 Å². The second-order valence-corrected chi connectivity index (χ2v) is 6.76. The molecule has 1 amide bonds. The van der Waals surface area contributed by atoms with Crippen molar-refractivity contribution >= 4 is 34.2 Å². The Morgan fingerprint density at radius 3 is 2.52 bits per heavy atom. The number of nitrogens with one attached hydrogen (secondary N) is 1. The number of halogens is 2. The van der Waals surface area contributed by atoms with E-state index in [1.807, 2.05) is 37.9 Å². The van der Waals surface area contributed by atoms with Crippen molar-refractivity contribution in [3.05, 3.63) is 22.2 Å². The van der Waals surface area contributed by atoms with Crippen molar-refractivity contribution in [1.82, 2.24) is 10.2 Å². The molecule has 1 atom stereocenters. The van der Waals surface area contributed by atoms with Gasteiger partial charge in [-0.1, -0.05) is 15.9 Å². The largest absolute Gasteiger partial charge is 0.490 e. The molecule has 1 N–H and O–H groups in total. The van der Waals surface area contributed by atoms with Crippen LogP contribution in [0.3, 0.4) is 0 Å². The number of piperidine rings is 1. The monoisotopic (exact) mass is 434 g/mol. The van der Waals surface area contributed by atoms with E-state index in [1.54, 1.807) is 0 Å². The van der Waals surface area contributed by atoms with Crippen molar-refractivity contribution in [2.24, 2.45) is 0 Å². The van der Waals surface area contributed by atoms with Crippen LogP contribution in [-0.4, -0.2) is 50.2 Å². The first-order chi connectivity index (χ1) is 11.6. The number of nitrogens with zero attached hydrogens (tertiary/aromatic N) is 1. The maximum absolute atomic E-state index is 12.7. The predicted octanol–water partition coefficient (Wildman–Crippen LogP) is 3.42. The van der Waals surface area contributed by atoms with Crippen molar-refractivity contribution in [2.75, 3.05) is 33.4 Å². The molecule has 2 rings (SSSR count). The molecule has 1 aliphatic heterocycles. The van der Waals surface area contributed by atoms with E-state index in [9.17, 15) is 4.79 Å². The fourth-order valence-electron chi connectivity index (χ4n) is 2.96. The third kappa shape index (κ3) is 6.04. The van der Waals surface area contributed by atoms with Gasteiger partial charge in [-0.15, -0.1) is 12.4 Å². The number of likely N-dealkylation sites (tertiary alicyclic amines) is 1. The van der Waals surface area contributed by atoms with Crippen LogP contribution in [0.1, 0.15) is 32.3 Å². The molecule has 0 spiro atoms. The number of carbonyl (C=O) groups is 1. The molecule has 25 heavy (non-hydrogen) atoms. The van der Waals surface area contributed by atoms with Gasteiger partial charge < -0.3 is 19.7 Å². The third-order valence-corrected chi connectivity index (χ3v) is 4.97. The smallest absolute Gasteiger partial charge is 0.227 e. The fraction of sp³-hybridized carbons (Fsp3) is 0.611. The second-order valence-electron chi connectivity index (χ2n) is 5.90. The van der Waals surface area contributed by atoms with Gasteiger partial charge in [0.25, 0.3) is 0 Å². The summed E-state index contributed by atoms with van der Waals surface area (Å²) in [6, 6.07) is 4.20. The van der Waals surface area contributed by atoms with Crippen molar-refractivity contribution < 1.29 is 14.3 Å². The van der Waals surface area contributed by atoms with Crippen LogP contribution in [0.5, 0.6) is 11.5 Å². The molecule has 0 aliphatic carbocycles. The number of likely N-dealkylation sites (N-methyl/N-ethyl adjacent to an activating group) is 1. The molecule has 0 radical (unpaired) electrons. The van der Waals surface area contributed by atoms with Crippen LogP contribution in [0.25, 0.3) is 0 Å². The molecule has 1 heterocycles. The molecule has 0 bridgehead atoms. The lowest BCUT2D eigenvalue weighted by Gasteiger charge is -2.32. The van der Waals surface area contributed by atoms with Gasteiger partial charge >= 0.3 is 0 Å².